The van der Waals surface area contributed by atoms with Gasteiger partial charge in [0.05, 0.1) is 33.8 Å². The summed E-state index contributed by atoms with van der Waals surface area (Å²) < 4.78 is 11.1. The summed E-state index contributed by atoms with van der Waals surface area (Å²) >= 11 is 1.33. The van der Waals surface area contributed by atoms with Crippen LogP contribution in [0.1, 0.15) is 37.3 Å². The molecule has 0 aliphatic carbocycles. The number of nitrogens with one attached hydrogen (secondary N) is 1. The van der Waals surface area contributed by atoms with E-state index in [2.05, 4.69) is 5.32 Å². The molecule has 2 N–H and O–H groups in total. The van der Waals surface area contributed by atoms with Crippen molar-refractivity contribution in [2.24, 2.45) is 11.8 Å². The van der Waals surface area contributed by atoms with Crippen LogP contribution in [-0.2, 0) is 37.1 Å². The largest absolute Gasteiger partial charge is 0.456 e. The second-order valence-electron chi connectivity index (χ2n) is 12.4. The molecule has 6 atom stereocenters. The molecule has 2 aromatic carbocycles. The third-order valence-corrected chi connectivity index (χ3v) is 10.6. The molecule has 4 aliphatic rings. The fraction of sp³-hybridized carbons (Fsp3) is 0.438. The van der Waals surface area contributed by atoms with Crippen molar-refractivity contribution in [2.45, 2.75) is 62.8 Å². The van der Waals surface area contributed by atoms with Crippen LogP contribution in [0.5, 0.6) is 0 Å². The Kier molecular flexibility index (Phi) is 9.56. The number of hydrogen-bond acceptors (Lipinski definition) is 12. The van der Waals surface area contributed by atoms with Gasteiger partial charge >= 0.3 is 12.1 Å². The lowest BCUT2D eigenvalue weighted by Crippen LogP contribution is -2.61. The molecule has 4 aliphatic heterocycles. The number of amides is 3. The maximum Gasteiger partial charge on any atom is 0.410 e. The highest BCUT2D eigenvalue weighted by Crippen LogP contribution is 2.50. The highest BCUT2D eigenvalue weighted by Gasteiger charge is 2.57. The Morgan fingerprint density at radius 1 is 0.980 bits per heavy atom. The number of likely N-dealkylation sites (tertiary alicyclic amines) is 1. The topological polar surface area (TPSA) is 212 Å². The standard InChI is InChI=1S/C32H33N5O11S/c1-17(38)27-25-13-26(28(35(25)30(27)40)31(41)47-15-18-2-6-20(7-3-18)36(43)44)49-22-12-24(23-10-11-33-29(23)39)34(14-22)32(42)48-16-19-4-8-21(9-5-19)37(45)46/h2-9,17,22-25,27,38H,10-16H2,1H3,(H,33,39)/t17-,22+,23?,24+,25-,27-/m1/s1. The zero-order valence-corrected chi connectivity index (χ0v) is 27.1. The van der Waals surface area contributed by atoms with E-state index in [4.69, 9.17) is 9.47 Å². The molecule has 3 fully saturated rings. The zero-order valence-electron chi connectivity index (χ0n) is 26.3. The second-order valence-corrected chi connectivity index (χ2v) is 13.8. The van der Waals surface area contributed by atoms with E-state index < -0.39 is 57.8 Å². The monoisotopic (exact) mass is 695 g/mol. The van der Waals surface area contributed by atoms with Gasteiger partial charge in [0.15, 0.2) is 0 Å². The van der Waals surface area contributed by atoms with Gasteiger partial charge < -0.3 is 29.7 Å². The molecule has 0 spiro atoms. The number of carbonyl (C=O) groups is 4. The Morgan fingerprint density at radius 2 is 1.57 bits per heavy atom. The van der Waals surface area contributed by atoms with Crippen molar-refractivity contribution < 1.29 is 43.6 Å². The molecule has 3 saturated heterocycles. The number of carbonyl (C=O) groups excluding carboxylic acids is 4. The molecule has 0 aromatic heterocycles. The molecule has 0 radical (unpaired) electrons. The van der Waals surface area contributed by atoms with E-state index in [1.165, 1.54) is 77.0 Å². The molecule has 2 aromatic rings. The number of aliphatic hydroxyl groups excluding tert-OH is 1. The van der Waals surface area contributed by atoms with Crippen LogP contribution in [0.15, 0.2) is 59.1 Å². The fourth-order valence-electron chi connectivity index (χ4n) is 6.88. The van der Waals surface area contributed by atoms with E-state index in [0.29, 0.717) is 41.8 Å². The van der Waals surface area contributed by atoms with E-state index in [9.17, 15) is 44.5 Å². The van der Waals surface area contributed by atoms with Gasteiger partial charge in [-0.1, -0.05) is 0 Å². The first-order valence-corrected chi connectivity index (χ1v) is 16.6. The van der Waals surface area contributed by atoms with Crippen LogP contribution in [0.2, 0.25) is 0 Å². The maximum absolute atomic E-state index is 13.5. The molecule has 0 bridgehead atoms. The van der Waals surface area contributed by atoms with Crippen molar-refractivity contribution in [2.75, 3.05) is 13.1 Å². The Balaban J connectivity index is 1.19. The van der Waals surface area contributed by atoms with Crippen LogP contribution in [0.3, 0.4) is 0 Å². The maximum atomic E-state index is 13.5. The van der Waals surface area contributed by atoms with Gasteiger partial charge in [-0.3, -0.25) is 29.8 Å². The van der Waals surface area contributed by atoms with Crippen molar-refractivity contribution in [3.8, 4) is 0 Å². The number of nitro groups is 2. The molecular formula is C32H33N5O11S. The number of nitro benzene ring substituents is 2. The van der Waals surface area contributed by atoms with Crippen molar-refractivity contribution >= 4 is 47.0 Å². The van der Waals surface area contributed by atoms with Crippen LogP contribution in [-0.4, -0.2) is 85.2 Å². The van der Waals surface area contributed by atoms with Crippen molar-refractivity contribution in [3.05, 3.63) is 90.5 Å². The number of β-lactam (4-membered cyclic amide) rings is 1. The Hall–Kier alpha value is -5.03. The molecular weight excluding hydrogens is 662 g/mol. The van der Waals surface area contributed by atoms with Gasteiger partial charge in [-0.05, 0) is 55.2 Å². The number of rotatable bonds is 11. The van der Waals surface area contributed by atoms with Crippen molar-refractivity contribution in [1.82, 2.24) is 15.1 Å². The molecule has 49 heavy (non-hydrogen) atoms. The summed E-state index contributed by atoms with van der Waals surface area (Å²) in [5.74, 6) is -2.50. The van der Waals surface area contributed by atoms with E-state index in [0.717, 1.165) is 0 Å². The number of nitrogens with zero attached hydrogens (tertiary/aromatic N) is 4. The number of aliphatic hydroxyl groups is 1. The number of thioether (sulfide) groups is 1. The summed E-state index contributed by atoms with van der Waals surface area (Å²) in [5, 5.41) is 34.8. The normalized spacial score (nSPS) is 25.1. The molecule has 1 unspecified atom stereocenters. The first kappa shape index (κ1) is 33.9. The Bertz CT molecular complexity index is 1710. The fourth-order valence-corrected chi connectivity index (χ4v) is 8.37. The molecule has 3 amide bonds. The van der Waals surface area contributed by atoms with E-state index in [1.807, 2.05) is 0 Å². The quantitative estimate of drug-likeness (QED) is 0.150. The SMILES string of the molecule is C[C@@H](O)[C@H]1C(=O)N2C(C(=O)OCc3ccc([N+](=O)[O-])cc3)=C(S[C@H]3C[C@@H](C4CCNC4=O)N(C(=O)OCc4ccc([N+](=O)[O-])cc4)C3)C[C@H]12. The highest BCUT2D eigenvalue weighted by atomic mass is 32.2. The van der Waals surface area contributed by atoms with E-state index >= 15 is 0 Å². The first-order valence-electron chi connectivity index (χ1n) is 15.7. The smallest absolute Gasteiger partial charge is 0.410 e. The Labute approximate surface area is 283 Å². The number of benzene rings is 2. The minimum atomic E-state index is -0.937. The molecule has 6 rings (SSSR count). The number of esters is 1. The third-order valence-electron chi connectivity index (χ3n) is 9.31. The number of hydrogen-bond donors (Lipinski definition) is 2. The van der Waals surface area contributed by atoms with Gasteiger partial charge in [0.1, 0.15) is 18.9 Å². The van der Waals surface area contributed by atoms with Crippen LogP contribution in [0.25, 0.3) is 0 Å². The van der Waals surface area contributed by atoms with Crippen LogP contribution in [0, 0.1) is 32.1 Å². The molecule has 258 valence electrons. The van der Waals surface area contributed by atoms with Gasteiger partial charge in [-0.15, -0.1) is 11.8 Å². The average molecular weight is 696 g/mol. The van der Waals surface area contributed by atoms with E-state index in [1.54, 1.807) is 0 Å². The minimum Gasteiger partial charge on any atom is -0.456 e. The third kappa shape index (κ3) is 6.80. The summed E-state index contributed by atoms with van der Waals surface area (Å²) in [5.41, 5.74) is 0.919. The summed E-state index contributed by atoms with van der Waals surface area (Å²) in [4.78, 5) is 77.1. The summed E-state index contributed by atoms with van der Waals surface area (Å²) in [6, 6.07) is 10.2. The minimum absolute atomic E-state index is 0.0631. The van der Waals surface area contributed by atoms with Gasteiger partial charge in [-0.25, -0.2) is 9.59 Å². The number of ether oxygens (including phenoxy) is 2. The highest BCUT2D eigenvalue weighted by molar-refractivity contribution is 8.03. The van der Waals surface area contributed by atoms with Crippen LogP contribution < -0.4 is 5.32 Å². The first-order chi connectivity index (χ1) is 23.4. The van der Waals surface area contributed by atoms with Crippen molar-refractivity contribution in [1.29, 1.82) is 0 Å². The van der Waals surface area contributed by atoms with Crippen molar-refractivity contribution in [3.63, 3.8) is 0 Å². The lowest BCUT2D eigenvalue weighted by Gasteiger charge is -2.44. The summed E-state index contributed by atoms with van der Waals surface area (Å²) in [6.45, 7) is 1.85. The van der Waals surface area contributed by atoms with Gasteiger partial charge in [0.2, 0.25) is 11.8 Å². The summed E-state index contributed by atoms with van der Waals surface area (Å²) in [7, 11) is 0. The Morgan fingerprint density at radius 3 is 2.10 bits per heavy atom. The predicted molar refractivity (Wildman–Crippen MR) is 171 cm³/mol. The average Bonchev–Trinajstić information content (AvgIpc) is 3.78. The molecule has 17 heteroatoms. The molecule has 0 saturated carbocycles. The zero-order chi connectivity index (χ0) is 35.0. The van der Waals surface area contributed by atoms with Crippen LogP contribution in [0.4, 0.5) is 16.2 Å². The second kappa shape index (κ2) is 13.8. The van der Waals surface area contributed by atoms with E-state index in [-0.39, 0.29) is 48.0 Å². The number of non-ortho nitro benzene ring substituents is 2. The summed E-state index contributed by atoms with van der Waals surface area (Å²) in [6.07, 6.45) is -0.363. The van der Waals surface area contributed by atoms with Gasteiger partial charge in [0.25, 0.3) is 11.4 Å². The molecule has 4 heterocycles. The van der Waals surface area contributed by atoms with Gasteiger partial charge in [0, 0.05) is 60.0 Å². The number of fused-ring (bicyclic) bond motifs is 1. The van der Waals surface area contributed by atoms with Crippen LogP contribution >= 0.6 is 11.8 Å². The lowest BCUT2D eigenvalue weighted by atomic mass is 9.83. The lowest BCUT2D eigenvalue weighted by molar-refractivity contribution is -0.385. The van der Waals surface area contributed by atoms with Gasteiger partial charge in [-0.2, -0.15) is 0 Å². The predicted octanol–water partition coefficient (Wildman–Crippen LogP) is 3.02. The molecule has 16 nitrogen and oxygen atoms in total.